The molecule has 3 heterocycles. The first-order valence-corrected chi connectivity index (χ1v) is 12.7. The van der Waals surface area contributed by atoms with Crippen molar-refractivity contribution in [3.05, 3.63) is 76.6 Å². The number of amides is 1. The van der Waals surface area contributed by atoms with Crippen molar-refractivity contribution in [3.63, 3.8) is 0 Å². The Bertz CT molecular complexity index is 1590. The van der Waals surface area contributed by atoms with Crippen LogP contribution in [0.4, 0.5) is 5.13 Å². The van der Waals surface area contributed by atoms with E-state index in [1.54, 1.807) is 30.5 Å². The van der Waals surface area contributed by atoms with Crippen molar-refractivity contribution < 1.29 is 28.9 Å². The molecule has 4 aromatic rings. The summed E-state index contributed by atoms with van der Waals surface area (Å²) < 4.78 is 17.1. The van der Waals surface area contributed by atoms with Crippen molar-refractivity contribution in [1.29, 1.82) is 0 Å². The summed E-state index contributed by atoms with van der Waals surface area (Å²) in [6, 6.07) is 10.8. The first kappa shape index (κ1) is 25.5. The number of ketones is 1. The average molecular weight is 552 g/mol. The lowest BCUT2D eigenvalue weighted by molar-refractivity contribution is -0.132. The number of ether oxygens (including phenoxy) is 3. The zero-order valence-electron chi connectivity index (χ0n) is 20.6. The van der Waals surface area contributed by atoms with Crippen LogP contribution in [0.1, 0.15) is 24.1 Å². The van der Waals surface area contributed by atoms with Crippen LogP contribution in [0.2, 0.25) is 5.02 Å². The number of carbonyl (C=O) groups is 2. The number of methoxy groups -OCH3 is 2. The molecule has 1 aliphatic heterocycles. The minimum absolute atomic E-state index is 0.139. The topological polar surface area (TPSA) is 111 Å². The summed E-state index contributed by atoms with van der Waals surface area (Å²) in [5.41, 5.74) is 1.16. The van der Waals surface area contributed by atoms with Crippen molar-refractivity contribution >= 4 is 55.7 Å². The van der Waals surface area contributed by atoms with E-state index in [2.05, 4.69) is 9.97 Å². The summed E-state index contributed by atoms with van der Waals surface area (Å²) in [6.45, 7) is 2.40. The van der Waals surface area contributed by atoms with Crippen LogP contribution in [0.3, 0.4) is 0 Å². The molecule has 0 saturated carbocycles. The molecule has 5 rings (SSSR count). The molecule has 1 aliphatic rings. The van der Waals surface area contributed by atoms with E-state index < -0.39 is 23.5 Å². The number of halogens is 1. The zero-order valence-corrected chi connectivity index (χ0v) is 22.2. The largest absolute Gasteiger partial charge is 0.507 e. The predicted octanol–water partition coefficient (Wildman–Crippen LogP) is 5.39. The van der Waals surface area contributed by atoms with Crippen LogP contribution in [0, 0.1) is 0 Å². The number of aromatic nitrogens is 2. The molecule has 1 amide bonds. The number of nitrogens with zero attached hydrogens (tertiary/aromatic N) is 3. The van der Waals surface area contributed by atoms with Gasteiger partial charge in [-0.15, -0.1) is 0 Å². The number of fused-ring (bicyclic) bond motifs is 1. The highest BCUT2D eigenvalue weighted by Crippen LogP contribution is 2.46. The minimum Gasteiger partial charge on any atom is -0.507 e. The molecule has 9 nitrogen and oxygen atoms in total. The second-order valence-electron chi connectivity index (χ2n) is 8.20. The maximum atomic E-state index is 13.5. The van der Waals surface area contributed by atoms with Crippen molar-refractivity contribution in [1.82, 2.24) is 9.97 Å². The third-order valence-electron chi connectivity index (χ3n) is 6.04. The number of anilines is 1. The van der Waals surface area contributed by atoms with E-state index in [0.717, 1.165) is 4.70 Å². The maximum Gasteiger partial charge on any atom is 0.301 e. The van der Waals surface area contributed by atoms with E-state index in [9.17, 15) is 14.7 Å². The van der Waals surface area contributed by atoms with E-state index in [1.165, 1.54) is 48.8 Å². The van der Waals surface area contributed by atoms with Gasteiger partial charge in [-0.1, -0.05) is 29.0 Å². The lowest BCUT2D eigenvalue weighted by atomic mass is 9.96. The second-order valence-corrected chi connectivity index (χ2v) is 9.62. The van der Waals surface area contributed by atoms with Gasteiger partial charge in [0.05, 0.1) is 53.2 Å². The van der Waals surface area contributed by atoms with Crippen LogP contribution in [-0.4, -0.2) is 47.6 Å². The first-order valence-electron chi connectivity index (χ1n) is 11.5. The Morgan fingerprint density at radius 1 is 1.13 bits per heavy atom. The molecule has 1 fully saturated rings. The fourth-order valence-corrected chi connectivity index (χ4v) is 5.58. The number of Topliss-reactive ketones (excluding diaryl/α,β-unsaturated/α-hetero) is 1. The maximum absolute atomic E-state index is 13.5. The molecule has 1 unspecified atom stereocenters. The number of benzene rings is 2. The second kappa shape index (κ2) is 10.3. The average Bonchev–Trinajstić information content (AvgIpc) is 3.46. The van der Waals surface area contributed by atoms with Gasteiger partial charge in [-0.3, -0.25) is 19.5 Å². The molecule has 1 N–H and O–H groups in total. The van der Waals surface area contributed by atoms with Crippen molar-refractivity contribution in [3.8, 4) is 17.2 Å². The molecule has 0 aliphatic carbocycles. The van der Waals surface area contributed by atoms with E-state index in [1.807, 2.05) is 13.0 Å². The molecule has 0 spiro atoms. The van der Waals surface area contributed by atoms with Gasteiger partial charge in [-0.2, -0.15) is 0 Å². The molecule has 11 heteroatoms. The van der Waals surface area contributed by atoms with E-state index in [-0.39, 0.29) is 27.7 Å². The molecule has 2 aromatic carbocycles. The van der Waals surface area contributed by atoms with Crippen molar-refractivity contribution in [2.45, 2.75) is 13.0 Å². The van der Waals surface area contributed by atoms with Crippen molar-refractivity contribution in [2.24, 2.45) is 0 Å². The van der Waals surface area contributed by atoms with Gasteiger partial charge in [0.1, 0.15) is 23.0 Å². The highest BCUT2D eigenvalue weighted by atomic mass is 35.5. The van der Waals surface area contributed by atoms with Crippen LogP contribution in [0.15, 0.2) is 60.4 Å². The summed E-state index contributed by atoms with van der Waals surface area (Å²) in [7, 11) is 2.83. The Morgan fingerprint density at radius 3 is 2.61 bits per heavy atom. The summed E-state index contributed by atoms with van der Waals surface area (Å²) in [5.74, 6) is -1.01. The molecule has 1 saturated heterocycles. The van der Waals surface area contributed by atoms with Gasteiger partial charge in [0, 0.05) is 18.5 Å². The summed E-state index contributed by atoms with van der Waals surface area (Å²) in [4.78, 5) is 37.1. The van der Waals surface area contributed by atoms with Crippen LogP contribution in [0.25, 0.3) is 16.0 Å². The number of rotatable bonds is 7. The predicted molar refractivity (Wildman–Crippen MR) is 144 cm³/mol. The van der Waals surface area contributed by atoms with E-state index in [4.69, 9.17) is 25.8 Å². The third kappa shape index (κ3) is 4.31. The van der Waals surface area contributed by atoms with Gasteiger partial charge in [0.15, 0.2) is 5.13 Å². The summed E-state index contributed by atoms with van der Waals surface area (Å²) in [6.07, 6.45) is 3.12. The molecule has 0 bridgehead atoms. The lowest BCUT2D eigenvalue weighted by Gasteiger charge is -2.23. The van der Waals surface area contributed by atoms with Crippen molar-refractivity contribution in [2.75, 3.05) is 25.7 Å². The first-order chi connectivity index (χ1) is 18.4. The quantitative estimate of drug-likeness (QED) is 0.185. The number of carbonyl (C=O) groups excluding carboxylic acids is 2. The number of aliphatic hydroxyl groups is 1. The Hall–Kier alpha value is -4.15. The standard InChI is InChI=1S/C27H22ClN3O6S/c1-4-37-15-7-8-18-21(10-15)38-27(30-18)31-23(14-6-5-9-29-13-14)22(25(33)26(31)34)24(32)16-11-20(36-3)17(28)12-19(16)35-2/h5-13,23,32H,4H2,1-3H3/b24-22+. The van der Waals surface area contributed by atoms with Crippen LogP contribution < -0.4 is 19.1 Å². The molecule has 1 atom stereocenters. The highest BCUT2D eigenvalue weighted by molar-refractivity contribution is 7.22. The monoisotopic (exact) mass is 551 g/mol. The number of thiazole rings is 1. The SMILES string of the molecule is CCOc1ccc2nc(N3C(=O)C(=O)/C(=C(/O)c4cc(OC)c(Cl)cc4OC)C3c3cccnc3)sc2c1. The molecule has 0 radical (unpaired) electrons. The normalized spacial score (nSPS) is 16.7. The van der Waals surface area contributed by atoms with Gasteiger partial charge >= 0.3 is 5.91 Å². The van der Waals surface area contributed by atoms with Gasteiger partial charge in [0.2, 0.25) is 0 Å². The van der Waals surface area contributed by atoms with Gasteiger partial charge < -0.3 is 19.3 Å². The van der Waals surface area contributed by atoms with Crippen LogP contribution >= 0.6 is 22.9 Å². The van der Waals surface area contributed by atoms with E-state index in [0.29, 0.717) is 28.6 Å². The fourth-order valence-electron chi connectivity index (χ4n) is 4.33. The Balaban J connectivity index is 1.72. The Morgan fingerprint density at radius 2 is 1.92 bits per heavy atom. The summed E-state index contributed by atoms with van der Waals surface area (Å²) in [5, 5.41) is 12.1. The van der Waals surface area contributed by atoms with Crippen LogP contribution in [-0.2, 0) is 9.59 Å². The number of hydrogen-bond acceptors (Lipinski definition) is 9. The van der Waals surface area contributed by atoms with Gasteiger partial charge in [-0.05, 0) is 42.8 Å². The lowest BCUT2D eigenvalue weighted by Crippen LogP contribution is -2.29. The molecule has 38 heavy (non-hydrogen) atoms. The Labute approximate surface area is 226 Å². The molecule has 2 aromatic heterocycles. The number of hydrogen-bond donors (Lipinski definition) is 1. The molecular weight excluding hydrogens is 530 g/mol. The van der Waals surface area contributed by atoms with Gasteiger partial charge in [0.25, 0.3) is 5.78 Å². The smallest absolute Gasteiger partial charge is 0.301 e. The molecule has 194 valence electrons. The third-order valence-corrected chi connectivity index (χ3v) is 7.35. The van der Waals surface area contributed by atoms with Gasteiger partial charge in [-0.25, -0.2) is 4.98 Å². The number of aliphatic hydroxyl groups excluding tert-OH is 1. The highest BCUT2D eigenvalue weighted by Gasteiger charge is 2.48. The fraction of sp³-hybridized carbons (Fsp3) is 0.185. The molecular formula is C27H22ClN3O6S. The number of pyridine rings is 1. The minimum atomic E-state index is -0.998. The Kier molecular flexibility index (Phi) is 6.92. The van der Waals surface area contributed by atoms with Crippen LogP contribution in [0.5, 0.6) is 17.2 Å². The zero-order chi connectivity index (χ0) is 27.0. The van der Waals surface area contributed by atoms with E-state index >= 15 is 0 Å². The summed E-state index contributed by atoms with van der Waals surface area (Å²) >= 11 is 7.48.